The second kappa shape index (κ2) is 8.57. The molecule has 18 heavy (non-hydrogen) atoms. The largest absolute Gasteiger partial charge is 0.491 e. The van der Waals surface area contributed by atoms with Gasteiger partial charge < -0.3 is 15.2 Å². The molecule has 0 saturated heterocycles. The molecule has 0 aliphatic carbocycles. The fraction of sp³-hybridized carbons (Fsp3) is 0.467. The highest BCUT2D eigenvalue weighted by molar-refractivity contribution is 5.39. The van der Waals surface area contributed by atoms with Gasteiger partial charge in [-0.05, 0) is 31.5 Å². The second-order valence-corrected chi connectivity index (χ2v) is 3.97. The summed E-state index contributed by atoms with van der Waals surface area (Å²) in [5.41, 5.74) is 6.25. The van der Waals surface area contributed by atoms with Gasteiger partial charge in [-0.2, -0.15) is 0 Å². The van der Waals surface area contributed by atoms with Crippen LogP contribution in [0.1, 0.15) is 25.8 Å². The van der Waals surface area contributed by atoms with E-state index in [0.717, 1.165) is 17.7 Å². The third kappa shape index (κ3) is 5.72. The van der Waals surface area contributed by atoms with E-state index in [1.807, 2.05) is 24.3 Å². The Kier molecular flexibility index (Phi) is 6.93. The highest BCUT2D eigenvalue weighted by Crippen LogP contribution is 2.12. The fourth-order valence-electron chi connectivity index (χ4n) is 1.34. The molecule has 0 bridgehead atoms. The summed E-state index contributed by atoms with van der Waals surface area (Å²) >= 11 is 0. The average Bonchev–Trinajstić information content (AvgIpc) is 2.41. The molecule has 0 aromatic heterocycles. The van der Waals surface area contributed by atoms with Crippen molar-refractivity contribution >= 4 is 0 Å². The van der Waals surface area contributed by atoms with Gasteiger partial charge in [0.2, 0.25) is 0 Å². The molecule has 1 aromatic carbocycles. The van der Waals surface area contributed by atoms with Crippen LogP contribution in [-0.2, 0) is 4.74 Å². The van der Waals surface area contributed by atoms with E-state index >= 15 is 0 Å². The number of hydrogen-bond acceptors (Lipinski definition) is 3. The predicted octanol–water partition coefficient (Wildman–Crippen LogP) is 2.19. The Morgan fingerprint density at radius 3 is 2.89 bits per heavy atom. The van der Waals surface area contributed by atoms with Crippen molar-refractivity contribution in [2.24, 2.45) is 5.73 Å². The maximum Gasteiger partial charge on any atom is 0.120 e. The van der Waals surface area contributed by atoms with E-state index in [0.29, 0.717) is 19.8 Å². The van der Waals surface area contributed by atoms with E-state index in [9.17, 15) is 0 Å². The van der Waals surface area contributed by atoms with Crippen LogP contribution < -0.4 is 10.5 Å². The van der Waals surface area contributed by atoms with Crippen LogP contribution in [0.4, 0.5) is 0 Å². The van der Waals surface area contributed by atoms with E-state index < -0.39 is 0 Å². The van der Waals surface area contributed by atoms with Crippen molar-refractivity contribution in [1.29, 1.82) is 0 Å². The van der Waals surface area contributed by atoms with Crippen molar-refractivity contribution in [1.82, 2.24) is 0 Å². The summed E-state index contributed by atoms with van der Waals surface area (Å²) in [6, 6.07) is 7.68. The minimum Gasteiger partial charge on any atom is -0.491 e. The fourth-order valence-corrected chi connectivity index (χ4v) is 1.34. The van der Waals surface area contributed by atoms with Crippen LogP contribution in [0.15, 0.2) is 24.3 Å². The zero-order valence-corrected chi connectivity index (χ0v) is 11.1. The molecule has 1 rings (SSSR count). The molecule has 1 atom stereocenters. The van der Waals surface area contributed by atoms with Crippen LogP contribution >= 0.6 is 0 Å². The molecule has 98 valence electrons. The molecule has 1 unspecified atom stereocenters. The van der Waals surface area contributed by atoms with Crippen molar-refractivity contribution in [3.8, 4) is 17.6 Å². The SMILES string of the molecule is CCC(C)OCCOc1cccc(C#CCN)c1. The molecule has 0 aliphatic heterocycles. The lowest BCUT2D eigenvalue weighted by Crippen LogP contribution is -2.13. The normalized spacial score (nSPS) is 11.5. The first-order chi connectivity index (χ1) is 8.76. The van der Waals surface area contributed by atoms with Gasteiger partial charge >= 0.3 is 0 Å². The van der Waals surface area contributed by atoms with Crippen molar-refractivity contribution in [3.63, 3.8) is 0 Å². The minimum atomic E-state index is 0.287. The zero-order valence-electron chi connectivity index (χ0n) is 11.1. The summed E-state index contributed by atoms with van der Waals surface area (Å²) in [5.74, 6) is 6.61. The van der Waals surface area contributed by atoms with Crippen molar-refractivity contribution in [3.05, 3.63) is 29.8 Å². The summed E-state index contributed by atoms with van der Waals surface area (Å²) in [5, 5.41) is 0. The molecular weight excluding hydrogens is 226 g/mol. The number of hydrogen-bond donors (Lipinski definition) is 1. The van der Waals surface area contributed by atoms with Crippen LogP contribution in [0.5, 0.6) is 5.75 Å². The second-order valence-electron chi connectivity index (χ2n) is 3.97. The van der Waals surface area contributed by atoms with Gasteiger partial charge in [-0.1, -0.05) is 24.8 Å². The molecule has 2 N–H and O–H groups in total. The Bertz CT molecular complexity index is 406. The van der Waals surface area contributed by atoms with Gasteiger partial charge in [-0.3, -0.25) is 0 Å². The maximum atomic E-state index is 5.60. The van der Waals surface area contributed by atoms with E-state index in [4.69, 9.17) is 15.2 Å². The van der Waals surface area contributed by atoms with E-state index in [-0.39, 0.29) is 6.10 Å². The lowest BCUT2D eigenvalue weighted by atomic mass is 10.2. The van der Waals surface area contributed by atoms with Crippen LogP contribution in [0.3, 0.4) is 0 Å². The van der Waals surface area contributed by atoms with Gasteiger partial charge in [-0.15, -0.1) is 0 Å². The third-order valence-electron chi connectivity index (χ3n) is 2.50. The Morgan fingerprint density at radius 1 is 1.33 bits per heavy atom. The molecular formula is C15H21NO2. The Hall–Kier alpha value is -1.50. The summed E-state index contributed by atoms with van der Waals surface area (Å²) in [6.07, 6.45) is 1.31. The Morgan fingerprint density at radius 2 is 2.17 bits per heavy atom. The van der Waals surface area contributed by atoms with E-state index in [1.54, 1.807) is 0 Å². The van der Waals surface area contributed by atoms with Gasteiger partial charge in [0.15, 0.2) is 0 Å². The van der Waals surface area contributed by atoms with Gasteiger partial charge in [0.25, 0.3) is 0 Å². The summed E-state index contributed by atoms with van der Waals surface area (Å²) in [7, 11) is 0. The summed E-state index contributed by atoms with van der Waals surface area (Å²) in [6.45, 7) is 5.69. The molecule has 0 fully saturated rings. The molecule has 3 nitrogen and oxygen atoms in total. The van der Waals surface area contributed by atoms with Crippen LogP contribution in [-0.4, -0.2) is 25.9 Å². The van der Waals surface area contributed by atoms with Crippen LogP contribution in [0.25, 0.3) is 0 Å². The lowest BCUT2D eigenvalue weighted by Gasteiger charge is -2.11. The zero-order chi connectivity index (χ0) is 13.2. The van der Waals surface area contributed by atoms with Crippen LogP contribution in [0, 0.1) is 11.8 Å². The topological polar surface area (TPSA) is 44.5 Å². The molecule has 0 radical (unpaired) electrons. The Balaban J connectivity index is 2.38. The first-order valence-corrected chi connectivity index (χ1v) is 6.29. The number of nitrogens with two attached hydrogens (primary N) is 1. The standard InChI is InChI=1S/C15H21NO2/c1-3-13(2)17-10-11-18-15-8-4-6-14(12-15)7-5-9-16/h4,6,8,12-13H,3,9-11,16H2,1-2H3. The minimum absolute atomic E-state index is 0.287. The maximum absolute atomic E-state index is 5.60. The average molecular weight is 247 g/mol. The smallest absolute Gasteiger partial charge is 0.120 e. The quantitative estimate of drug-likeness (QED) is 0.619. The molecule has 0 saturated carbocycles. The summed E-state index contributed by atoms with van der Waals surface area (Å²) < 4.78 is 11.1. The van der Waals surface area contributed by atoms with Crippen molar-refractivity contribution in [2.75, 3.05) is 19.8 Å². The molecule has 0 amide bonds. The van der Waals surface area contributed by atoms with E-state index in [2.05, 4.69) is 25.7 Å². The van der Waals surface area contributed by atoms with Crippen molar-refractivity contribution < 1.29 is 9.47 Å². The van der Waals surface area contributed by atoms with Gasteiger partial charge in [0.05, 0.1) is 19.3 Å². The van der Waals surface area contributed by atoms with Crippen molar-refractivity contribution in [2.45, 2.75) is 26.4 Å². The monoisotopic (exact) mass is 247 g/mol. The van der Waals surface area contributed by atoms with Gasteiger partial charge in [0, 0.05) is 5.56 Å². The molecule has 1 aromatic rings. The number of ether oxygens (including phenoxy) is 2. The Labute approximate surface area is 109 Å². The number of benzene rings is 1. The van der Waals surface area contributed by atoms with Gasteiger partial charge in [-0.25, -0.2) is 0 Å². The highest BCUT2D eigenvalue weighted by Gasteiger charge is 1.99. The first-order valence-electron chi connectivity index (χ1n) is 6.29. The lowest BCUT2D eigenvalue weighted by molar-refractivity contribution is 0.0427. The predicted molar refractivity (Wildman–Crippen MR) is 73.6 cm³/mol. The molecule has 0 heterocycles. The van der Waals surface area contributed by atoms with Crippen LogP contribution in [0.2, 0.25) is 0 Å². The van der Waals surface area contributed by atoms with Gasteiger partial charge in [0.1, 0.15) is 12.4 Å². The first kappa shape index (κ1) is 14.6. The molecule has 3 heteroatoms. The molecule has 0 aliphatic rings. The summed E-state index contributed by atoms with van der Waals surface area (Å²) in [4.78, 5) is 0. The highest BCUT2D eigenvalue weighted by atomic mass is 16.5. The number of rotatable bonds is 6. The molecule has 0 spiro atoms. The third-order valence-corrected chi connectivity index (χ3v) is 2.50. The van der Waals surface area contributed by atoms with E-state index in [1.165, 1.54) is 0 Å².